The second-order valence-corrected chi connectivity index (χ2v) is 7.81. The van der Waals surface area contributed by atoms with Crippen LogP contribution in [0.2, 0.25) is 0 Å². The normalized spacial score (nSPS) is 34.5. The molecule has 2 rings (SSSR count). The molecule has 1 heterocycles. The smallest absolute Gasteiger partial charge is 0.303 e. The molecule has 6 atom stereocenters. The first-order chi connectivity index (χ1) is 12.3. The minimum Gasteiger partial charge on any atom is -0.463 e. The molecule has 0 aromatic heterocycles. The standard InChI is InChI=1S/C20H32O6/c1-12(2)16-7-6-13(3)10-18(16)25-20-9-8-17(24-15(5)22)19(26-20)11-23-14(4)21/h8-9,12-13,16-20H,6-7,10-11H2,1-5H3/t13-,16+,17-,18-,19-,20?/m1/s1. The molecule has 0 bridgehead atoms. The zero-order valence-corrected chi connectivity index (χ0v) is 16.5. The second-order valence-electron chi connectivity index (χ2n) is 7.81. The first-order valence-corrected chi connectivity index (χ1v) is 9.56. The maximum absolute atomic E-state index is 11.3. The van der Waals surface area contributed by atoms with E-state index >= 15 is 0 Å². The SMILES string of the molecule is CC(=O)OC[C@H]1OC(O[C@@H]2C[C@H](C)CC[C@H]2C(C)C)C=C[C@H]1OC(C)=O. The van der Waals surface area contributed by atoms with Crippen LogP contribution in [0.3, 0.4) is 0 Å². The molecule has 2 aliphatic rings. The highest BCUT2D eigenvalue weighted by molar-refractivity contribution is 5.66. The number of hydrogen-bond donors (Lipinski definition) is 0. The number of carbonyl (C=O) groups excluding carboxylic acids is 2. The molecule has 0 radical (unpaired) electrons. The van der Waals surface area contributed by atoms with Crippen molar-refractivity contribution in [2.75, 3.05) is 6.61 Å². The summed E-state index contributed by atoms with van der Waals surface area (Å²) in [6.07, 6.45) is 5.40. The molecule has 1 saturated carbocycles. The van der Waals surface area contributed by atoms with Crippen molar-refractivity contribution in [3.05, 3.63) is 12.2 Å². The second kappa shape index (κ2) is 9.51. The molecule has 1 aliphatic heterocycles. The Labute approximate surface area is 156 Å². The Balaban J connectivity index is 2.03. The van der Waals surface area contributed by atoms with E-state index in [0.717, 1.165) is 12.8 Å². The van der Waals surface area contributed by atoms with Crippen LogP contribution in [0.15, 0.2) is 12.2 Å². The van der Waals surface area contributed by atoms with Crippen LogP contribution in [0.1, 0.15) is 53.9 Å². The molecule has 0 spiro atoms. The van der Waals surface area contributed by atoms with Crippen molar-refractivity contribution >= 4 is 11.9 Å². The summed E-state index contributed by atoms with van der Waals surface area (Å²) in [5.41, 5.74) is 0. The monoisotopic (exact) mass is 368 g/mol. The maximum atomic E-state index is 11.3. The lowest BCUT2D eigenvalue weighted by molar-refractivity contribution is -0.222. The van der Waals surface area contributed by atoms with E-state index in [9.17, 15) is 9.59 Å². The van der Waals surface area contributed by atoms with Gasteiger partial charge in [0.1, 0.15) is 18.8 Å². The summed E-state index contributed by atoms with van der Waals surface area (Å²) in [5, 5.41) is 0. The molecule has 6 heteroatoms. The van der Waals surface area contributed by atoms with E-state index in [1.165, 1.54) is 20.3 Å². The third-order valence-electron chi connectivity index (χ3n) is 5.16. The Morgan fingerprint density at radius 2 is 1.88 bits per heavy atom. The zero-order chi connectivity index (χ0) is 19.3. The molecule has 0 amide bonds. The van der Waals surface area contributed by atoms with Crippen LogP contribution in [0, 0.1) is 17.8 Å². The lowest BCUT2D eigenvalue weighted by atomic mass is 9.75. The minimum absolute atomic E-state index is 0.0200. The predicted molar refractivity (Wildman–Crippen MR) is 96.2 cm³/mol. The van der Waals surface area contributed by atoms with E-state index in [4.69, 9.17) is 18.9 Å². The van der Waals surface area contributed by atoms with E-state index in [1.54, 1.807) is 12.2 Å². The average Bonchev–Trinajstić information content (AvgIpc) is 2.54. The summed E-state index contributed by atoms with van der Waals surface area (Å²) in [5.74, 6) is 0.875. The molecule has 0 N–H and O–H groups in total. The first kappa shape index (κ1) is 20.9. The zero-order valence-electron chi connectivity index (χ0n) is 16.5. The third kappa shape index (κ3) is 6.09. The summed E-state index contributed by atoms with van der Waals surface area (Å²) in [6.45, 7) is 9.42. The van der Waals surface area contributed by atoms with Crippen LogP contribution in [0.5, 0.6) is 0 Å². The van der Waals surface area contributed by atoms with Gasteiger partial charge in [-0.25, -0.2) is 0 Å². The van der Waals surface area contributed by atoms with Crippen molar-refractivity contribution in [3.8, 4) is 0 Å². The molecule has 0 saturated heterocycles. The molecule has 1 aliphatic carbocycles. The molecule has 26 heavy (non-hydrogen) atoms. The summed E-state index contributed by atoms with van der Waals surface area (Å²) in [6, 6.07) is 0. The van der Waals surface area contributed by atoms with Crippen LogP contribution in [0.4, 0.5) is 0 Å². The van der Waals surface area contributed by atoms with Gasteiger partial charge < -0.3 is 18.9 Å². The Morgan fingerprint density at radius 1 is 1.15 bits per heavy atom. The molecular formula is C20H32O6. The summed E-state index contributed by atoms with van der Waals surface area (Å²) in [7, 11) is 0. The largest absolute Gasteiger partial charge is 0.463 e. The lowest BCUT2D eigenvalue weighted by Crippen LogP contribution is -2.44. The van der Waals surface area contributed by atoms with Crippen molar-refractivity contribution in [1.82, 2.24) is 0 Å². The fourth-order valence-electron chi connectivity index (χ4n) is 3.78. The van der Waals surface area contributed by atoms with E-state index in [1.807, 2.05) is 0 Å². The van der Waals surface area contributed by atoms with E-state index < -0.39 is 30.4 Å². The van der Waals surface area contributed by atoms with Gasteiger partial charge in [0.2, 0.25) is 0 Å². The third-order valence-corrected chi connectivity index (χ3v) is 5.16. The fourth-order valence-corrected chi connectivity index (χ4v) is 3.78. The molecule has 1 fully saturated rings. The van der Waals surface area contributed by atoms with Gasteiger partial charge in [0.05, 0.1) is 6.10 Å². The van der Waals surface area contributed by atoms with Gasteiger partial charge in [-0.15, -0.1) is 0 Å². The molecule has 6 nitrogen and oxygen atoms in total. The van der Waals surface area contributed by atoms with Crippen LogP contribution in [-0.2, 0) is 28.5 Å². The number of hydrogen-bond acceptors (Lipinski definition) is 6. The van der Waals surface area contributed by atoms with E-state index in [2.05, 4.69) is 20.8 Å². The van der Waals surface area contributed by atoms with Crippen molar-refractivity contribution < 1.29 is 28.5 Å². The quantitative estimate of drug-likeness (QED) is 0.529. The van der Waals surface area contributed by atoms with Crippen molar-refractivity contribution in [2.45, 2.75) is 78.5 Å². The maximum Gasteiger partial charge on any atom is 0.303 e. The van der Waals surface area contributed by atoms with Gasteiger partial charge in [0, 0.05) is 13.8 Å². The van der Waals surface area contributed by atoms with E-state index in [0.29, 0.717) is 17.8 Å². The number of esters is 2. The molecule has 0 aromatic rings. The summed E-state index contributed by atoms with van der Waals surface area (Å²) in [4.78, 5) is 22.4. The Hall–Kier alpha value is -1.40. The van der Waals surface area contributed by atoms with Crippen LogP contribution in [0.25, 0.3) is 0 Å². The van der Waals surface area contributed by atoms with Crippen LogP contribution in [-0.4, -0.2) is 43.1 Å². The highest BCUT2D eigenvalue weighted by Crippen LogP contribution is 2.36. The highest BCUT2D eigenvalue weighted by Gasteiger charge is 2.36. The van der Waals surface area contributed by atoms with Crippen molar-refractivity contribution in [2.24, 2.45) is 17.8 Å². The van der Waals surface area contributed by atoms with Gasteiger partial charge in [-0.05, 0) is 42.7 Å². The lowest BCUT2D eigenvalue weighted by Gasteiger charge is -2.40. The van der Waals surface area contributed by atoms with Gasteiger partial charge in [-0.3, -0.25) is 9.59 Å². The Bertz CT molecular complexity index is 514. The average molecular weight is 368 g/mol. The van der Waals surface area contributed by atoms with Crippen LogP contribution >= 0.6 is 0 Å². The van der Waals surface area contributed by atoms with Gasteiger partial charge in [-0.2, -0.15) is 0 Å². The summed E-state index contributed by atoms with van der Waals surface area (Å²) >= 11 is 0. The molecule has 0 aromatic carbocycles. The molecular weight excluding hydrogens is 336 g/mol. The number of ether oxygens (including phenoxy) is 4. The Morgan fingerprint density at radius 3 is 2.50 bits per heavy atom. The van der Waals surface area contributed by atoms with Gasteiger partial charge in [0.25, 0.3) is 0 Å². The van der Waals surface area contributed by atoms with Crippen molar-refractivity contribution in [3.63, 3.8) is 0 Å². The van der Waals surface area contributed by atoms with Gasteiger partial charge in [0.15, 0.2) is 6.29 Å². The minimum atomic E-state index is -0.585. The molecule has 1 unspecified atom stereocenters. The Kier molecular flexibility index (Phi) is 7.65. The van der Waals surface area contributed by atoms with E-state index in [-0.39, 0.29) is 12.7 Å². The molecule has 148 valence electrons. The predicted octanol–water partition coefficient (Wildman–Crippen LogP) is 3.24. The summed E-state index contributed by atoms with van der Waals surface area (Å²) < 4.78 is 22.5. The first-order valence-electron chi connectivity index (χ1n) is 9.56. The van der Waals surface area contributed by atoms with Gasteiger partial charge in [-0.1, -0.05) is 27.2 Å². The van der Waals surface area contributed by atoms with Gasteiger partial charge >= 0.3 is 11.9 Å². The highest BCUT2D eigenvalue weighted by atomic mass is 16.7. The number of rotatable bonds is 6. The van der Waals surface area contributed by atoms with Crippen molar-refractivity contribution in [1.29, 1.82) is 0 Å². The fraction of sp³-hybridized carbons (Fsp3) is 0.800. The number of carbonyl (C=O) groups is 2. The van der Waals surface area contributed by atoms with Crippen LogP contribution < -0.4 is 0 Å². The topological polar surface area (TPSA) is 71.1 Å².